The van der Waals surface area contributed by atoms with Crippen molar-refractivity contribution in [2.75, 3.05) is 17.2 Å². The summed E-state index contributed by atoms with van der Waals surface area (Å²) in [6.45, 7) is -0.248. The summed E-state index contributed by atoms with van der Waals surface area (Å²) in [5.41, 5.74) is -0.320. The monoisotopic (exact) mass is 294 g/mol. The lowest BCUT2D eigenvalue weighted by molar-refractivity contribution is -0.137. The number of carbonyl (C=O) groups is 1. The number of hydrogen-bond acceptors (Lipinski definition) is 2. The number of carbonyl (C=O) groups excluding carboxylic acids is 1. The van der Waals surface area contributed by atoms with Gasteiger partial charge in [-0.05, 0) is 24.3 Å². The number of benzene rings is 2. The molecule has 0 saturated heterocycles. The van der Waals surface area contributed by atoms with Crippen molar-refractivity contribution in [3.05, 3.63) is 60.2 Å². The average Bonchev–Trinajstić information content (AvgIpc) is 2.45. The fraction of sp³-hybridized carbons (Fsp3) is 0.133. The van der Waals surface area contributed by atoms with Gasteiger partial charge in [0.25, 0.3) is 0 Å². The molecule has 0 radical (unpaired) electrons. The summed E-state index contributed by atoms with van der Waals surface area (Å²) in [5, 5.41) is 5.10. The molecule has 0 heterocycles. The van der Waals surface area contributed by atoms with Crippen molar-refractivity contribution < 1.29 is 18.0 Å². The molecule has 0 unspecified atom stereocenters. The Morgan fingerprint density at radius 2 is 1.57 bits per heavy atom. The summed E-state index contributed by atoms with van der Waals surface area (Å²) < 4.78 is 38.3. The first-order valence-electron chi connectivity index (χ1n) is 6.22. The van der Waals surface area contributed by atoms with Crippen LogP contribution < -0.4 is 10.6 Å². The van der Waals surface area contributed by atoms with E-state index in [4.69, 9.17) is 0 Å². The van der Waals surface area contributed by atoms with E-state index >= 15 is 0 Å². The number of alkyl halides is 3. The molecular weight excluding hydrogens is 281 g/mol. The Balaban J connectivity index is 1.99. The van der Waals surface area contributed by atoms with Crippen LogP contribution in [0.15, 0.2) is 54.6 Å². The summed E-state index contributed by atoms with van der Waals surface area (Å²) in [6.07, 6.45) is -4.46. The van der Waals surface area contributed by atoms with Crippen LogP contribution in [0.25, 0.3) is 0 Å². The van der Waals surface area contributed by atoms with Gasteiger partial charge in [0.05, 0.1) is 12.1 Å². The predicted octanol–water partition coefficient (Wildman–Crippen LogP) is 3.76. The molecule has 0 fully saturated rings. The highest BCUT2D eigenvalue weighted by Gasteiger charge is 2.33. The maximum absolute atomic E-state index is 12.8. The zero-order valence-electron chi connectivity index (χ0n) is 10.9. The van der Waals surface area contributed by atoms with Gasteiger partial charge in [0.15, 0.2) is 0 Å². The standard InChI is InChI=1S/C15H13F3N2O/c16-15(17,18)12-8-4-5-9-13(12)19-10-14(21)20-11-6-2-1-3-7-11/h1-9,19H,10H2,(H,20,21). The van der Waals surface area contributed by atoms with Crippen molar-refractivity contribution in [2.45, 2.75) is 6.18 Å². The van der Waals surface area contributed by atoms with Gasteiger partial charge >= 0.3 is 6.18 Å². The largest absolute Gasteiger partial charge is 0.418 e. The molecule has 2 aromatic rings. The first-order chi connectivity index (χ1) is 9.97. The van der Waals surface area contributed by atoms with Gasteiger partial charge in [-0.2, -0.15) is 13.2 Å². The van der Waals surface area contributed by atoms with Crippen LogP contribution in [0.5, 0.6) is 0 Å². The summed E-state index contributed by atoms with van der Waals surface area (Å²) >= 11 is 0. The van der Waals surface area contributed by atoms with Crippen LogP contribution in [-0.4, -0.2) is 12.5 Å². The highest BCUT2D eigenvalue weighted by molar-refractivity contribution is 5.93. The number of amides is 1. The van der Waals surface area contributed by atoms with Gasteiger partial charge in [-0.3, -0.25) is 4.79 Å². The second-order valence-electron chi connectivity index (χ2n) is 4.31. The Labute approximate surface area is 119 Å². The predicted molar refractivity (Wildman–Crippen MR) is 75.0 cm³/mol. The number of hydrogen-bond donors (Lipinski definition) is 2. The summed E-state index contributed by atoms with van der Waals surface area (Å²) in [7, 11) is 0. The van der Waals surface area contributed by atoms with E-state index in [9.17, 15) is 18.0 Å². The van der Waals surface area contributed by atoms with Crippen molar-refractivity contribution >= 4 is 17.3 Å². The lowest BCUT2D eigenvalue weighted by atomic mass is 10.1. The molecular formula is C15H13F3N2O. The Hall–Kier alpha value is -2.50. The number of para-hydroxylation sites is 2. The van der Waals surface area contributed by atoms with Crippen LogP contribution in [0.4, 0.5) is 24.5 Å². The Kier molecular flexibility index (Phi) is 4.47. The first-order valence-corrected chi connectivity index (χ1v) is 6.22. The molecule has 110 valence electrons. The van der Waals surface area contributed by atoms with Crippen LogP contribution in [0, 0.1) is 0 Å². The maximum atomic E-state index is 12.8. The normalized spacial score (nSPS) is 11.0. The molecule has 3 nitrogen and oxygen atoms in total. The molecule has 0 atom stereocenters. The molecule has 0 aliphatic rings. The molecule has 0 aromatic heterocycles. The van der Waals surface area contributed by atoms with Gasteiger partial charge in [-0.1, -0.05) is 30.3 Å². The third kappa shape index (κ3) is 4.24. The van der Waals surface area contributed by atoms with Crippen LogP contribution in [0.3, 0.4) is 0 Å². The Bertz CT molecular complexity index is 612. The zero-order chi connectivity index (χ0) is 15.3. The van der Waals surface area contributed by atoms with Gasteiger partial charge in [-0.15, -0.1) is 0 Å². The van der Waals surface area contributed by atoms with E-state index in [2.05, 4.69) is 10.6 Å². The van der Waals surface area contributed by atoms with E-state index in [-0.39, 0.29) is 12.2 Å². The Morgan fingerprint density at radius 3 is 2.24 bits per heavy atom. The number of rotatable bonds is 4. The van der Waals surface area contributed by atoms with E-state index in [1.54, 1.807) is 30.3 Å². The van der Waals surface area contributed by atoms with Crippen LogP contribution in [0.1, 0.15) is 5.56 Å². The molecule has 2 aromatic carbocycles. The SMILES string of the molecule is O=C(CNc1ccccc1C(F)(F)F)Nc1ccccc1. The highest BCUT2D eigenvalue weighted by Crippen LogP contribution is 2.34. The van der Waals surface area contributed by atoms with E-state index in [0.717, 1.165) is 6.07 Å². The molecule has 21 heavy (non-hydrogen) atoms. The fourth-order valence-corrected chi connectivity index (χ4v) is 1.79. The Morgan fingerprint density at radius 1 is 0.952 bits per heavy atom. The smallest absolute Gasteiger partial charge is 0.376 e. The molecule has 2 N–H and O–H groups in total. The molecule has 6 heteroatoms. The van der Waals surface area contributed by atoms with Crippen molar-refractivity contribution in [2.24, 2.45) is 0 Å². The number of halogens is 3. The summed E-state index contributed by atoms with van der Waals surface area (Å²) in [4.78, 5) is 11.7. The first kappa shape index (κ1) is 14.9. The number of anilines is 2. The molecule has 0 aliphatic carbocycles. The van der Waals surface area contributed by atoms with E-state index in [0.29, 0.717) is 5.69 Å². The minimum atomic E-state index is -4.46. The molecule has 0 spiro atoms. The van der Waals surface area contributed by atoms with Crippen LogP contribution >= 0.6 is 0 Å². The van der Waals surface area contributed by atoms with Gasteiger partial charge in [0, 0.05) is 11.4 Å². The molecule has 1 amide bonds. The van der Waals surface area contributed by atoms with Gasteiger partial charge in [0.2, 0.25) is 5.91 Å². The van der Waals surface area contributed by atoms with Gasteiger partial charge in [0.1, 0.15) is 0 Å². The minimum Gasteiger partial charge on any atom is -0.376 e. The molecule has 2 rings (SSSR count). The van der Waals surface area contributed by atoms with Gasteiger partial charge in [-0.25, -0.2) is 0 Å². The second kappa shape index (κ2) is 6.30. The third-order valence-electron chi connectivity index (χ3n) is 2.73. The van der Waals surface area contributed by atoms with Crippen molar-refractivity contribution in [1.82, 2.24) is 0 Å². The molecule has 0 aliphatic heterocycles. The molecule has 0 bridgehead atoms. The van der Waals surface area contributed by atoms with Crippen LogP contribution in [-0.2, 0) is 11.0 Å². The van der Waals surface area contributed by atoms with E-state index < -0.39 is 17.6 Å². The lowest BCUT2D eigenvalue weighted by Gasteiger charge is -2.14. The zero-order valence-corrected chi connectivity index (χ0v) is 10.9. The van der Waals surface area contributed by atoms with Crippen LogP contribution in [0.2, 0.25) is 0 Å². The topological polar surface area (TPSA) is 41.1 Å². The maximum Gasteiger partial charge on any atom is 0.418 e. The molecule has 0 saturated carbocycles. The fourth-order valence-electron chi connectivity index (χ4n) is 1.79. The summed E-state index contributed by atoms with van der Waals surface area (Å²) in [5.74, 6) is -0.418. The van der Waals surface area contributed by atoms with Crippen molar-refractivity contribution in [1.29, 1.82) is 0 Å². The third-order valence-corrected chi connectivity index (χ3v) is 2.73. The highest BCUT2D eigenvalue weighted by atomic mass is 19.4. The quantitative estimate of drug-likeness (QED) is 0.901. The lowest BCUT2D eigenvalue weighted by Crippen LogP contribution is -2.23. The van der Waals surface area contributed by atoms with E-state index in [1.165, 1.54) is 18.2 Å². The average molecular weight is 294 g/mol. The van der Waals surface area contributed by atoms with Crippen molar-refractivity contribution in [3.63, 3.8) is 0 Å². The van der Waals surface area contributed by atoms with Gasteiger partial charge < -0.3 is 10.6 Å². The summed E-state index contributed by atoms with van der Waals surface area (Å²) in [6, 6.07) is 13.7. The number of nitrogens with one attached hydrogen (secondary N) is 2. The van der Waals surface area contributed by atoms with E-state index in [1.807, 2.05) is 0 Å². The minimum absolute atomic E-state index is 0.117. The van der Waals surface area contributed by atoms with Crippen molar-refractivity contribution in [3.8, 4) is 0 Å². The second-order valence-corrected chi connectivity index (χ2v) is 4.31.